The summed E-state index contributed by atoms with van der Waals surface area (Å²) in [5.74, 6) is 1.02. The van der Waals surface area contributed by atoms with E-state index in [0.717, 1.165) is 5.75 Å². The molecule has 1 atom stereocenters. The highest BCUT2D eigenvalue weighted by atomic mass is 32.2. The van der Waals surface area contributed by atoms with Crippen LogP contribution in [0.2, 0.25) is 0 Å². The van der Waals surface area contributed by atoms with Gasteiger partial charge in [0.05, 0.1) is 15.4 Å². The molecule has 1 aromatic rings. The van der Waals surface area contributed by atoms with Crippen molar-refractivity contribution in [2.45, 2.75) is 29.4 Å². The molecule has 18 heavy (non-hydrogen) atoms. The van der Waals surface area contributed by atoms with E-state index in [2.05, 4.69) is 0 Å². The number of benzene rings is 1. The Kier molecular flexibility index (Phi) is 3.82. The molecule has 1 aliphatic heterocycles. The third-order valence-corrected chi connectivity index (χ3v) is 6.50. The van der Waals surface area contributed by atoms with Crippen LogP contribution in [0.3, 0.4) is 0 Å². The maximum atomic E-state index is 12.1. The van der Waals surface area contributed by atoms with E-state index in [9.17, 15) is 13.2 Å². The van der Waals surface area contributed by atoms with Gasteiger partial charge in [-0.25, -0.2) is 8.42 Å². The van der Waals surface area contributed by atoms with Crippen LogP contribution in [0.5, 0.6) is 0 Å². The van der Waals surface area contributed by atoms with Crippen molar-refractivity contribution in [1.82, 2.24) is 0 Å². The average Bonchev–Trinajstić information content (AvgIpc) is 2.69. The Morgan fingerprint density at radius 1 is 1.28 bits per heavy atom. The fourth-order valence-corrected chi connectivity index (χ4v) is 4.86. The molecule has 0 amide bonds. The Bertz CT molecular complexity index is 537. The lowest BCUT2D eigenvalue weighted by Crippen LogP contribution is -2.29. The molecule has 0 aromatic heterocycles. The second kappa shape index (κ2) is 5.05. The van der Waals surface area contributed by atoms with Gasteiger partial charge in [0.25, 0.3) is 0 Å². The number of hydrogen-bond acceptors (Lipinski definition) is 4. The van der Waals surface area contributed by atoms with Gasteiger partial charge < -0.3 is 0 Å². The topological polar surface area (TPSA) is 51.2 Å². The van der Waals surface area contributed by atoms with E-state index < -0.39 is 14.6 Å². The minimum atomic E-state index is -3.27. The van der Waals surface area contributed by atoms with Crippen LogP contribution >= 0.6 is 11.8 Å². The fourth-order valence-electron chi connectivity index (χ4n) is 2.00. The number of hydrogen-bond donors (Lipinski definition) is 0. The van der Waals surface area contributed by atoms with E-state index in [4.69, 9.17) is 0 Å². The molecule has 1 saturated heterocycles. The SMILES string of the molecule is C[C@@]1(CCS(=O)(=O)c2ccccc2)SCCC1=O. The molecule has 2 rings (SSSR count). The summed E-state index contributed by atoms with van der Waals surface area (Å²) in [5, 5.41) is 0. The molecular formula is C13H16O3S2. The number of Topliss-reactive ketones (excluding diaryl/α,β-unsaturated/α-hetero) is 1. The monoisotopic (exact) mass is 284 g/mol. The quantitative estimate of drug-likeness (QED) is 0.851. The molecule has 0 bridgehead atoms. The van der Waals surface area contributed by atoms with Gasteiger partial charge in [-0.3, -0.25) is 4.79 Å². The second-order valence-electron chi connectivity index (χ2n) is 4.63. The number of rotatable bonds is 4. The lowest BCUT2D eigenvalue weighted by atomic mass is 10.0. The van der Waals surface area contributed by atoms with E-state index >= 15 is 0 Å². The van der Waals surface area contributed by atoms with Crippen LogP contribution in [-0.4, -0.2) is 30.5 Å². The van der Waals surface area contributed by atoms with Crippen LogP contribution in [0, 0.1) is 0 Å². The van der Waals surface area contributed by atoms with Gasteiger partial charge in [-0.2, -0.15) is 0 Å². The first-order valence-electron chi connectivity index (χ1n) is 5.89. The largest absolute Gasteiger partial charge is 0.298 e. The standard InChI is InChI=1S/C13H16O3S2/c1-13(12(14)7-9-17-13)8-10-18(15,16)11-5-3-2-4-6-11/h2-6H,7-10H2,1H3/t13-/m0/s1. The molecule has 3 nitrogen and oxygen atoms in total. The zero-order valence-electron chi connectivity index (χ0n) is 10.3. The summed E-state index contributed by atoms with van der Waals surface area (Å²) >= 11 is 1.57. The molecule has 0 N–H and O–H groups in total. The molecular weight excluding hydrogens is 268 g/mol. The predicted molar refractivity (Wildman–Crippen MR) is 73.6 cm³/mol. The lowest BCUT2D eigenvalue weighted by molar-refractivity contribution is -0.120. The second-order valence-corrected chi connectivity index (χ2v) is 8.34. The number of sulfone groups is 1. The van der Waals surface area contributed by atoms with Gasteiger partial charge in [0.2, 0.25) is 0 Å². The molecule has 1 heterocycles. The van der Waals surface area contributed by atoms with Crippen molar-refractivity contribution in [3.05, 3.63) is 30.3 Å². The smallest absolute Gasteiger partial charge is 0.178 e. The summed E-state index contributed by atoms with van der Waals surface area (Å²) < 4.78 is 23.7. The molecule has 98 valence electrons. The average molecular weight is 284 g/mol. The predicted octanol–water partition coefficient (Wildman–Crippen LogP) is 2.32. The zero-order chi connectivity index (χ0) is 13.2. The number of carbonyl (C=O) groups excluding carboxylic acids is 1. The molecule has 0 aliphatic carbocycles. The van der Waals surface area contributed by atoms with Gasteiger partial charge in [0.15, 0.2) is 9.84 Å². The van der Waals surface area contributed by atoms with Crippen molar-refractivity contribution in [1.29, 1.82) is 0 Å². The van der Waals surface area contributed by atoms with Crippen LogP contribution in [0.4, 0.5) is 0 Å². The van der Waals surface area contributed by atoms with Crippen molar-refractivity contribution < 1.29 is 13.2 Å². The van der Waals surface area contributed by atoms with Crippen molar-refractivity contribution in [2.75, 3.05) is 11.5 Å². The minimum Gasteiger partial charge on any atom is -0.298 e. The molecule has 5 heteroatoms. The van der Waals surface area contributed by atoms with Crippen molar-refractivity contribution in [2.24, 2.45) is 0 Å². The third kappa shape index (κ3) is 2.78. The minimum absolute atomic E-state index is 0.0340. The molecule has 1 aliphatic rings. The summed E-state index contributed by atoms with van der Waals surface area (Å²) in [5.41, 5.74) is 0. The summed E-state index contributed by atoms with van der Waals surface area (Å²) in [6, 6.07) is 8.41. The van der Waals surface area contributed by atoms with E-state index in [1.807, 2.05) is 6.92 Å². The van der Waals surface area contributed by atoms with Crippen LogP contribution in [-0.2, 0) is 14.6 Å². The molecule has 0 spiro atoms. The fraction of sp³-hybridized carbons (Fsp3) is 0.462. The Morgan fingerprint density at radius 3 is 2.50 bits per heavy atom. The maximum Gasteiger partial charge on any atom is 0.178 e. The van der Waals surface area contributed by atoms with Gasteiger partial charge in [-0.15, -0.1) is 11.8 Å². The van der Waals surface area contributed by atoms with Crippen molar-refractivity contribution in [3.63, 3.8) is 0 Å². The molecule has 1 fully saturated rings. The van der Waals surface area contributed by atoms with Crippen molar-refractivity contribution >= 4 is 27.4 Å². The molecule has 0 unspecified atom stereocenters. The first-order chi connectivity index (χ1) is 8.44. The van der Waals surface area contributed by atoms with Crippen LogP contribution < -0.4 is 0 Å². The lowest BCUT2D eigenvalue weighted by Gasteiger charge is -2.20. The van der Waals surface area contributed by atoms with Crippen LogP contribution in [0.15, 0.2) is 35.2 Å². The Morgan fingerprint density at radius 2 is 1.94 bits per heavy atom. The van der Waals surface area contributed by atoms with E-state index in [-0.39, 0.29) is 11.5 Å². The van der Waals surface area contributed by atoms with Crippen molar-refractivity contribution in [3.8, 4) is 0 Å². The Hall–Kier alpha value is -0.810. The van der Waals surface area contributed by atoms with Gasteiger partial charge in [0.1, 0.15) is 5.78 Å². The maximum absolute atomic E-state index is 12.1. The highest BCUT2D eigenvalue weighted by Crippen LogP contribution is 2.38. The molecule has 1 aromatic carbocycles. The van der Waals surface area contributed by atoms with E-state index in [1.54, 1.807) is 42.1 Å². The first kappa shape index (κ1) is 13.6. The molecule has 0 saturated carbocycles. The van der Waals surface area contributed by atoms with E-state index in [1.165, 1.54) is 0 Å². The third-order valence-electron chi connectivity index (χ3n) is 3.29. The Labute approximate surface area is 112 Å². The first-order valence-corrected chi connectivity index (χ1v) is 8.53. The van der Waals surface area contributed by atoms with Crippen LogP contribution in [0.25, 0.3) is 0 Å². The molecule has 0 radical (unpaired) electrons. The summed E-state index contributed by atoms with van der Waals surface area (Å²) in [7, 11) is -3.27. The highest BCUT2D eigenvalue weighted by molar-refractivity contribution is 8.02. The highest BCUT2D eigenvalue weighted by Gasteiger charge is 2.38. The summed E-state index contributed by atoms with van der Waals surface area (Å²) in [6.07, 6.45) is 0.959. The Balaban J connectivity index is 2.09. The van der Waals surface area contributed by atoms with Gasteiger partial charge in [-0.1, -0.05) is 18.2 Å². The summed E-state index contributed by atoms with van der Waals surface area (Å²) in [6.45, 7) is 1.85. The van der Waals surface area contributed by atoms with Crippen LogP contribution in [0.1, 0.15) is 19.8 Å². The van der Waals surface area contributed by atoms with E-state index in [0.29, 0.717) is 17.7 Å². The van der Waals surface area contributed by atoms with Gasteiger partial charge >= 0.3 is 0 Å². The number of thioether (sulfide) groups is 1. The number of ketones is 1. The zero-order valence-corrected chi connectivity index (χ0v) is 11.9. The van der Waals surface area contributed by atoms with Gasteiger partial charge in [-0.05, 0) is 25.5 Å². The summed E-state index contributed by atoms with van der Waals surface area (Å²) in [4.78, 5) is 12.1. The van der Waals surface area contributed by atoms with Gasteiger partial charge in [0, 0.05) is 12.2 Å². The number of carbonyl (C=O) groups is 1. The normalized spacial score (nSPS) is 24.4.